The molecule has 0 spiro atoms. The number of hydrogen-bond acceptors (Lipinski definition) is 10. The molecular weight excluding hydrogens is 446 g/mol. The summed E-state index contributed by atoms with van der Waals surface area (Å²) in [6.45, 7) is 7.37. The predicted molar refractivity (Wildman–Crippen MR) is 120 cm³/mol. The number of fused-ring (bicyclic) bond motifs is 1. The summed E-state index contributed by atoms with van der Waals surface area (Å²) in [6.07, 6.45) is -1.00. The minimum absolute atomic E-state index is 0.305. The molecule has 0 aliphatic carbocycles. The molecule has 0 aromatic carbocycles. The van der Waals surface area contributed by atoms with E-state index in [9.17, 15) is 19.8 Å². The van der Waals surface area contributed by atoms with Crippen molar-refractivity contribution in [3.63, 3.8) is 0 Å². The Morgan fingerprint density at radius 3 is 2.74 bits per heavy atom. The second kappa shape index (κ2) is 9.35. The molecule has 0 radical (unpaired) electrons. The summed E-state index contributed by atoms with van der Waals surface area (Å²) in [5.41, 5.74) is 0.284. The average molecular weight is 478 g/mol. The normalized spacial score (nSPS) is 29.8. The zero-order chi connectivity index (χ0) is 24.6. The molecule has 2 saturated heterocycles. The first-order valence-corrected chi connectivity index (χ1v) is 11.3. The molecule has 0 bridgehead atoms. The van der Waals surface area contributed by atoms with Crippen LogP contribution in [0.2, 0.25) is 0 Å². The molecule has 2 aromatic heterocycles. The van der Waals surface area contributed by atoms with Crippen LogP contribution in [0.4, 0.5) is 10.6 Å². The number of amides is 2. The fourth-order valence-corrected chi connectivity index (χ4v) is 4.25. The van der Waals surface area contributed by atoms with Crippen molar-refractivity contribution in [2.24, 2.45) is 0 Å². The Balaban J connectivity index is 1.41. The van der Waals surface area contributed by atoms with Gasteiger partial charge in [0, 0.05) is 12.6 Å². The minimum Gasteiger partial charge on any atom is -0.459 e. The number of anilines is 1. The maximum atomic E-state index is 13.0. The van der Waals surface area contributed by atoms with E-state index in [4.69, 9.17) is 13.9 Å². The fourth-order valence-electron chi connectivity index (χ4n) is 4.25. The van der Waals surface area contributed by atoms with Crippen molar-refractivity contribution in [2.75, 3.05) is 11.9 Å². The van der Waals surface area contributed by atoms with E-state index in [0.717, 1.165) is 0 Å². The van der Waals surface area contributed by atoms with Gasteiger partial charge in [-0.05, 0) is 40.5 Å². The maximum Gasteiger partial charge on any atom is 0.410 e. The van der Waals surface area contributed by atoms with Crippen LogP contribution in [0.15, 0.2) is 23.1 Å². The number of aliphatic hydroxyl groups excluding tert-OH is 2. The van der Waals surface area contributed by atoms with Crippen molar-refractivity contribution < 1.29 is 33.7 Å². The van der Waals surface area contributed by atoms with E-state index in [-0.39, 0.29) is 0 Å². The monoisotopic (exact) mass is 477 g/mol. The van der Waals surface area contributed by atoms with Gasteiger partial charge in [0.1, 0.15) is 35.7 Å². The second-order valence-corrected chi connectivity index (χ2v) is 9.61. The number of furan rings is 1. The van der Waals surface area contributed by atoms with Crippen LogP contribution >= 0.6 is 0 Å². The van der Waals surface area contributed by atoms with E-state index in [0.29, 0.717) is 36.3 Å². The number of nitrogens with one attached hydrogen (secondary N) is 2. The molecule has 2 aliphatic heterocycles. The zero-order valence-electron chi connectivity index (χ0n) is 19.6. The van der Waals surface area contributed by atoms with Gasteiger partial charge in [0.15, 0.2) is 17.6 Å². The highest BCUT2D eigenvalue weighted by molar-refractivity contribution is 5.86. The SMILES string of the molecule is C[C@@H]1O[C@H](Nc2ncnc3ccoc23)[C@@H](O)[C@H](O)[C@H]1NC(=O)[C@H]1CCCN1C(=O)OC(C)(C)C. The standard InChI is InChI=1S/C22H31N5O7/c1-11-14(25-19(30)13-6-5-8-27(13)21(31)34-22(2,3)4)15(28)16(29)20(33-11)26-18-17-12(7-9-32-17)23-10-24-18/h7,9-11,13-16,20,28-29H,5-6,8H2,1-4H3,(H,25,30)(H,23,24,26)/t11-,13+,14-,15+,16-,20-/m0/s1. The number of aromatic nitrogens is 2. The maximum absolute atomic E-state index is 13.0. The second-order valence-electron chi connectivity index (χ2n) is 9.61. The largest absolute Gasteiger partial charge is 0.459 e. The molecule has 4 N–H and O–H groups in total. The van der Waals surface area contributed by atoms with Gasteiger partial charge in [-0.3, -0.25) is 9.69 Å². The number of aliphatic hydroxyl groups is 2. The smallest absolute Gasteiger partial charge is 0.410 e. The third-order valence-corrected chi connectivity index (χ3v) is 5.91. The van der Waals surface area contributed by atoms with Gasteiger partial charge in [-0.15, -0.1) is 0 Å². The molecule has 0 unspecified atom stereocenters. The highest BCUT2D eigenvalue weighted by atomic mass is 16.6. The molecular formula is C22H31N5O7. The molecule has 4 rings (SSSR count). The number of hydrogen-bond donors (Lipinski definition) is 4. The summed E-state index contributed by atoms with van der Waals surface area (Å²) in [4.78, 5) is 35.1. The fraction of sp³-hybridized carbons (Fsp3) is 0.636. The molecule has 4 heterocycles. The third-order valence-electron chi connectivity index (χ3n) is 5.91. The van der Waals surface area contributed by atoms with Gasteiger partial charge in [0.2, 0.25) is 5.91 Å². The van der Waals surface area contributed by atoms with Crippen LogP contribution in [0.1, 0.15) is 40.5 Å². The van der Waals surface area contributed by atoms with Gasteiger partial charge in [0.25, 0.3) is 0 Å². The van der Waals surface area contributed by atoms with Gasteiger partial charge in [-0.2, -0.15) is 0 Å². The minimum atomic E-state index is -1.38. The van der Waals surface area contributed by atoms with E-state index in [1.54, 1.807) is 33.8 Å². The van der Waals surface area contributed by atoms with Crippen LogP contribution in [-0.4, -0.2) is 85.9 Å². The highest BCUT2D eigenvalue weighted by Gasteiger charge is 2.45. The third kappa shape index (κ3) is 4.93. The first-order valence-electron chi connectivity index (χ1n) is 11.3. The van der Waals surface area contributed by atoms with Gasteiger partial charge < -0.3 is 34.7 Å². The number of likely N-dealkylation sites (tertiary alicyclic amines) is 1. The molecule has 2 fully saturated rings. The lowest BCUT2D eigenvalue weighted by Crippen LogP contribution is -2.65. The summed E-state index contributed by atoms with van der Waals surface area (Å²) in [6, 6.07) is 0.0543. The molecule has 6 atom stereocenters. The number of carbonyl (C=O) groups excluding carboxylic acids is 2. The van der Waals surface area contributed by atoms with Crippen molar-refractivity contribution in [1.29, 1.82) is 0 Å². The predicted octanol–water partition coefficient (Wildman–Crippen LogP) is 0.986. The molecule has 2 aliphatic rings. The molecule has 0 saturated carbocycles. The molecule has 2 amide bonds. The van der Waals surface area contributed by atoms with Crippen molar-refractivity contribution >= 4 is 28.9 Å². The lowest BCUT2D eigenvalue weighted by atomic mass is 9.95. The summed E-state index contributed by atoms with van der Waals surface area (Å²) < 4.78 is 16.7. The van der Waals surface area contributed by atoms with Crippen LogP contribution < -0.4 is 10.6 Å². The Morgan fingerprint density at radius 2 is 2.00 bits per heavy atom. The summed E-state index contributed by atoms with van der Waals surface area (Å²) >= 11 is 0. The molecule has 34 heavy (non-hydrogen) atoms. The van der Waals surface area contributed by atoms with Crippen molar-refractivity contribution in [2.45, 2.75) is 82.8 Å². The Hall–Kier alpha value is -2.96. The van der Waals surface area contributed by atoms with E-state index in [2.05, 4.69) is 20.6 Å². The molecule has 186 valence electrons. The van der Waals surface area contributed by atoms with Crippen molar-refractivity contribution in [3.05, 3.63) is 18.7 Å². The van der Waals surface area contributed by atoms with Crippen LogP contribution in [0.5, 0.6) is 0 Å². The number of carbonyl (C=O) groups is 2. The number of rotatable bonds is 4. The Labute approximate surface area is 196 Å². The average Bonchev–Trinajstić information content (AvgIpc) is 3.43. The van der Waals surface area contributed by atoms with E-state index in [1.807, 2.05) is 0 Å². The van der Waals surface area contributed by atoms with Gasteiger partial charge in [-0.25, -0.2) is 14.8 Å². The van der Waals surface area contributed by atoms with E-state index in [1.165, 1.54) is 17.5 Å². The van der Waals surface area contributed by atoms with Gasteiger partial charge >= 0.3 is 6.09 Å². The summed E-state index contributed by atoms with van der Waals surface area (Å²) in [5.74, 6) is -0.130. The topological polar surface area (TPSA) is 159 Å². The van der Waals surface area contributed by atoms with Gasteiger partial charge in [-0.1, -0.05) is 0 Å². The van der Waals surface area contributed by atoms with E-state index >= 15 is 0 Å². The van der Waals surface area contributed by atoms with Crippen molar-refractivity contribution in [3.8, 4) is 0 Å². The molecule has 12 heteroatoms. The van der Waals surface area contributed by atoms with E-state index < -0.39 is 54.2 Å². The summed E-state index contributed by atoms with van der Waals surface area (Å²) in [7, 11) is 0. The van der Waals surface area contributed by atoms with Crippen molar-refractivity contribution in [1.82, 2.24) is 20.2 Å². The lowest BCUT2D eigenvalue weighted by Gasteiger charge is -2.42. The number of nitrogens with zero attached hydrogens (tertiary/aromatic N) is 3. The first-order chi connectivity index (χ1) is 16.0. The van der Waals surface area contributed by atoms with Crippen LogP contribution in [0, 0.1) is 0 Å². The Bertz CT molecular complexity index is 1040. The number of ether oxygens (including phenoxy) is 2. The van der Waals surface area contributed by atoms with Crippen LogP contribution in [-0.2, 0) is 14.3 Å². The molecule has 12 nitrogen and oxygen atoms in total. The Morgan fingerprint density at radius 1 is 1.24 bits per heavy atom. The lowest BCUT2D eigenvalue weighted by molar-refractivity contribution is -0.173. The molecule has 2 aromatic rings. The first kappa shape index (κ1) is 24.2. The summed E-state index contributed by atoms with van der Waals surface area (Å²) in [5, 5.41) is 27.2. The highest BCUT2D eigenvalue weighted by Crippen LogP contribution is 2.27. The van der Waals surface area contributed by atoms with Gasteiger partial charge in [0.05, 0.1) is 18.4 Å². The van der Waals surface area contributed by atoms with Crippen LogP contribution in [0.25, 0.3) is 11.1 Å². The quantitative estimate of drug-likeness (QED) is 0.500. The van der Waals surface area contributed by atoms with Crippen LogP contribution in [0.3, 0.4) is 0 Å². The Kier molecular flexibility index (Phi) is 6.65. The zero-order valence-corrected chi connectivity index (χ0v) is 19.6.